The van der Waals surface area contributed by atoms with Crippen molar-refractivity contribution in [3.63, 3.8) is 0 Å². The molecule has 0 N–H and O–H groups in total. The van der Waals surface area contributed by atoms with E-state index < -0.39 is 0 Å². The minimum atomic E-state index is 0.662. The number of rotatable bonds is 5. The van der Waals surface area contributed by atoms with Crippen molar-refractivity contribution < 1.29 is 4.74 Å². The maximum Gasteiger partial charge on any atom is 0.138 e. The van der Waals surface area contributed by atoms with Crippen molar-refractivity contribution >= 4 is 11.8 Å². The van der Waals surface area contributed by atoms with Gasteiger partial charge in [0.05, 0.1) is 6.61 Å². The summed E-state index contributed by atoms with van der Waals surface area (Å²) in [5.74, 6) is 1.67. The molecule has 0 amide bonds. The van der Waals surface area contributed by atoms with Crippen LogP contribution in [0.3, 0.4) is 0 Å². The van der Waals surface area contributed by atoms with Gasteiger partial charge in [0.1, 0.15) is 17.4 Å². The van der Waals surface area contributed by atoms with E-state index in [1.165, 1.54) is 0 Å². The Morgan fingerprint density at radius 1 is 1.40 bits per heavy atom. The van der Waals surface area contributed by atoms with Crippen LogP contribution in [0.4, 0.5) is 0 Å². The van der Waals surface area contributed by atoms with Crippen LogP contribution >= 0.6 is 11.8 Å². The zero-order valence-electron chi connectivity index (χ0n) is 9.12. The third-order valence-electron chi connectivity index (χ3n) is 1.86. The van der Waals surface area contributed by atoms with E-state index in [1.54, 1.807) is 11.8 Å². The van der Waals surface area contributed by atoms with Gasteiger partial charge in [-0.1, -0.05) is 19.9 Å². The summed E-state index contributed by atoms with van der Waals surface area (Å²) >= 11 is 1.67. The second-order valence-corrected chi connectivity index (χ2v) is 4.33. The zero-order chi connectivity index (χ0) is 11.1. The molecule has 0 atom stereocenters. The molecule has 0 radical (unpaired) electrons. The van der Waals surface area contributed by atoms with Crippen LogP contribution in [0.25, 0.3) is 0 Å². The molecule has 2 nitrogen and oxygen atoms in total. The van der Waals surface area contributed by atoms with Gasteiger partial charge in [0, 0.05) is 4.90 Å². The molecular weight excluding hydrogens is 206 g/mol. The largest absolute Gasteiger partial charge is 0.492 e. The second-order valence-electron chi connectivity index (χ2n) is 3.02. The highest BCUT2D eigenvalue weighted by Gasteiger charge is 2.08. The van der Waals surface area contributed by atoms with Crippen LogP contribution in [-0.4, -0.2) is 12.4 Å². The summed E-state index contributed by atoms with van der Waals surface area (Å²) in [6, 6.07) is 7.97. The molecule has 0 aliphatic heterocycles. The quantitative estimate of drug-likeness (QED) is 0.714. The van der Waals surface area contributed by atoms with E-state index in [0.29, 0.717) is 17.9 Å². The standard InChI is InChI=1S/C12H15NOS/c1-3-8-14-11-6-5-7-12(15-4-2)10(11)9-13/h5-7H,3-4,8H2,1-2H3. The molecule has 0 heterocycles. The predicted octanol–water partition coefficient (Wildman–Crippen LogP) is 3.46. The summed E-state index contributed by atoms with van der Waals surface area (Å²) < 4.78 is 5.53. The van der Waals surface area contributed by atoms with E-state index in [-0.39, 0.29) is 0 Å². The molecular formula is C12H15NOS. The van der Waals surface area contributed by atoms with Gasteiger partial charge < -0.3 is 4.74 Å². The molecule has 15 heavy (non-hydrogen) atoms. The van der Waals surface area contributed by atoms with Gasteiger partial charge in [0.15, 0.2) is 0 Å². The third-order valence-corrected chi connectivity index (χ3v) is 2.80. The van der Waals surface area contributed by atoms with Gasteiger partial charge in [-0.2, -0.15) is 5.26 Å². The lowest BCUT2D eigenvalue weighted by Gasteiger charge is -2.09. The fraction of sp³-hybridized carbons (Fsp3) is 0.417. The van der Waals surface area contributed by atoms with Gasteiger partial charge in [-0.25, -0.2) is 0 Å². The third kappa shape index (κ3) is 3.17. The summed E-state index contributed by atoms with van der Waals surface area (Å²) in [5, 5.41) is 9.08. The Bertz CT molecular complexity index is 357. The van der Waals surface area contributed by atoms with Gasteiger partial charge in [0.25, 0.3) is 0 Å². The Labute approximate surface area is 95.3 Å². The van der Waals surface area contributed by atoms with Crippen LogP contribution in [0.5, 0.6) is 5.75 Å². The maximum absolute atomic E-state index is 9.08. The van der Waals surface area contributed by atoms with Crippen LogP contribution in [0, 0.1) is 11.3 Å². The first kappa shape index (κ1) is 11.9. The molecule has 1 aromatic carbocycles. The number of hydrogen-bond acceptors (Lipinski definition) is 3. The molecule has 0 spiro atoms. The topological polar surface area (TPSA) is 33.0 Å². The highest BCUT2D eigenvalue weighted by molar-refractivity contribution is 7.99. The number of benzene rings is 1. The van der Waals surface area contributed by atoms with Crippen molar-refractivity contribution in [1.29, 1.82) is 5.26 Å². The second kappa shape index (κ2) is 6.36. The van der Waals surface area contributed by atoms with Crippen molar-refractivity contribution in [1.82, 2.24) is 0 Å². The molecule has 80 valence electrons. The molecule has 1 rings (SSSR count). The number of thioether (sulfide) groups is 1. The average Bonchev–Trinajstić information content (AvgIpc) is 2.27. The molecule has 0 bridgehead atoms. The van der Waals surface area contributed by atoms with Gasteiger partial charge >= 0.3 is 0 Å². The summed E-state index contributed by atoms with van der Waals surface area (Å²) in [7, 11) is 0. The molecule has 0 fully saturated rings. The van der Waals surface area contributed by atoms with Crippen molar-refractivity contribution in [3.8, 4) is 11.8 Å². The highest BCUT2D eigenvalue weighted by atomic mass is 32.2. The number of nitrogens with zero attached hydrogens (tertiary/aromatic N) is 1. The number of nitriles is 1. The van der Waals surface area contributed by atoms with Crippen LogP contribution in [-0.2, 0) is 0 Å². The first-order chi connectivity index (χ1) is 7.33. The van der Waals surface area contributed by atoms with E-state index in [2.05, 4.69) is 19.9 Å². The molecule has 0 aromatic heterocycles. The highest BCUT2D eigenvalue weighted by Crippen LogP contribution is 2.29. The molecule has 0 aliphatic carbocycles. The molecule has 1 aromatic rings. The van der Waals surface area contributed by atoms with Crippen molar-refractivity contribution in [2.75, 3.05) is 12.4 Å². The minimum absolute atomic E-state index is 0.662. The molecule has 0 saturated carbocycles. The van der Waals surface area contributed by atoms with E-state index in [9.17, 15) is 0 Å². The van der Waals surface area contributed by atoms with Crippen LogP contribution < -0.4 is 4.74 Å². The fourth-order valence-corrected chi connectivity index (χ4v) is 2.01. The van der Waals surface area contributed by atoms with Crippen molar-refractivity contribution in [2.45, 2.75) is 25.2 Å². The van der Waals surface area contributed by atoms with Crippen LogP contribution in [0.2, 0.25) is 0 Å². The molecule has 0 saturated heterocycles. The summed E-state index contributed by atoms with van der Waals surface area (Å²) in [6.45, 7) is 4.79. The normalized spacial score (nSPS) is 9.67. The van der Waals surface area contributed by atoms with Crippen molar-refractivity contribution in [2.24, 2.45) is 0 Å². The summed E-state index contributed by atoms with van der Waals surface area (Å²) in [6.07, 6.45) is 0.954. The Kier molecular flexibility index (Phi) is 5.06. The van der Waals surface area contributed by atoms with Gasteiger partial charge in [0.2, 0.25) is 0 Å². The zero-order valence-corrected chi connectivity index (χ0v) is 9.93. The lowest BCUT2D eigenvalue weighted by Crippen LogP contribution is -1.98. The molecule has 0 unspecified atom stereocenters. The molecule has 0 aliphatic rings. The Hall–Kier alpha value is -1.14. The summed E-state index contributed by atoms with van der Waals surface area (Å²) in [5.41, 5.74) is 0.665. The maximum atomic E-state index is 9.08. The summed E-state index contributed by atoms with van der Waals surface area (Å²) in [4.78, 5) is 1.01. The lowest BCUT2D eigenvalue weighted by molar-refractivity contribution is 0.316. The Balaban J connectivity index is 2.95. The van der Waals surface area contributed by atoms with E-state index in [0.717, 1.165) is 17.1 Å². The first-order valence-corrected chi connectivity index (χ1v) is 6.10. The van der Waals surface area contributed by atoms with Crippen LogP contribution in [0.1, 0.15) is 25.8 Å². The van der Waals surface area contributed by atoms with Gasteiger partial charge in [-0.15, -0.1) is 11.8 Å². The van der Waals surface area contributed by atoms with E-state index in [4.69, 9.17) is 10.00 Å². The lowest BCUT2D eigenvalue weighted by atomic mass is 10.2. The number of ether oxygens (including phenoxy) is 1. The molecule has 3 heteroatoms. The average molecular weight is 221 g/mol. The first-order valence-electron chi connectivity index (χ1n) is 5.12. The predicted molar refractivity (Wildman–Crippen MR) is 63.3 cm³/mol. The fourth-order valence-electron chi connectivity index (χ4n) is 1.23. The van der Waals surface area contributed by atoms with E-state index >= 15 is 0 Å². The Morgan fingerprint density at radius 2 is 2.20 bits per heavy atom. The van der Waals surface area contributed by atoms with Crippen molar-refractivity contribution in [3.05, 3.63) is 23.8 Å². The SMILES string of the molecule is CCCOc1cccc(SCC)c1C#N. The minimum Gasteiger partial charge on any atom is -0.492 e. The van der Waals surface area contributed by atoms with Gasteiger partial charge in [-0.3, -0.25) is 0 Å². The van der Waals surface area contributed by atoms with E-state index in [1.807, 2.05) is 18.2 Å². The number of hydrogen-bond donors (Lipinski definition) is 0. The monoisotopic (exact) mass is 221 g/mol. The smallest absolute Gasteiger partial charge is 0.138 e. The van der Waals surface area contributed by atoms with Crippen LogP contribution in [0.15, 0.2) is 23.1 Å². The Morgan fingerprint density at radius 3 is 2.80 bits per heavy atom. The van der Waals surface area contributed by atoms with Gasteiger partial charge in [-0.05, 0) is 24.3 Å².